The van der Waals surface area contributed by atoms with E-state index in [-0.39, 0.29) is 18.1 Å². The smallest absolute Gasteiger partial charge is 0.326 e. The van der Waals surface area contributed by atoms with Crippen LogP contribution in [0.5, 0.6) is 0 Å². The molecule has 34 heavy (non-hydrogen) atoms. The van der Waals surface area contributed by atoms with Crippen molar-refractivity contribution in [3.05, 3.63) is 35.7 Å². The molecule has 2 saturated heterocycles. The van der Waals surface area contributed by atoms with Crippen LogP contribution in [0.3, 0.4) is 0 Å². The standard InChI is InChI=1S/C25H36N4O5/c30-23(28-32)8-6-19-5-7-21(26-17-19)18-29-13-9-20(10-14-29)27-25(11-15-33-16-12-25)24(31)34-22-3-1-2-4-22/h5-8,17,20,22,27,32H,1-4,9-16,18H2,(H,28,30)/b8-6+. The van der Waals surface area contributed by atoms with E-state index in [1.807, 2.05) is 12.1 Å². The van der Waals surface area contributed by atoms with Crippen molar-refractivity contribution in [3.8, 4) is 0 Å². The lowest BCUT2D eigenvalue weighted by Gasteiger charge is -2.41. The van der Waals surface area contributed by atoms with E-state index in [0.29, 0.717) is 26.1 Å². The fourth-order valence-electron chi connectivity index (χ4n) is 5.09. The minimum atomic E-state index is -0.620. The SMILES string of the molecule is O=C(/C=C/c1ccc(CN2CCC(NC3(C(=O)OC4CCCC4)CCOCC3)CC2)nc1)NO. The van der Waals surface area contributed by atoms with Gasteiger partial charge in [-0.3, -0.25) is 30.0 Å². The maximum absolute atomic E-state index is 13.2. The third-order valence-corrected chi connectivity index (χ3v) is 7.15. The third-order valence-electron chi connectivity index (χ3n) is 7.15. The molecule has 9 heteroatoms. The largest absolute Gasteiger partial charge is 0.461 e. The first-order valence-corrected chi connectivity index (χ1v) is 12.4. The van der Waals surface area contributed by atoms with Crippen LogP contribution in [0.15, 0.2) is 24.4 Å². The Morgan fingerprint density at radius 2 is 1.91 bits per heavy atom. The van der Waals surface area contributed by atoms with E-state index in [1.54, 1.807) is 17.8 Å². The lowest BCUT2D eigenvalue weighted by atomic mass is 9.87. The van der Waals surface area contributed by atoms with Gasteiger partial charge in [0.25, 0.3) is 5.91 Å². The predicted molar refractivity (Wildman–Crippen MR) is 126 cm³/mol. The molecule has 0 atom stereocenters. The lowest BCUT2D eigenvalue weighted by Crippen LogP contribution is -2.61. The second-order valence-corrected chi connectivity index (χ2v) is 9.59. The van der Waals surface area contributed by atoms with E-state index < -0.39 is 11.4 Å². The molecule has 1 aliphatic carbocycles. The summed E-state index contributed by atoms with van der Waals surface area (Å²) in [4.78, 5) is 31.1. The molecule has 186 valence electrons. The maximum atomic E-state index is 13.2. The number of pyridine rings is 1. The van der Waals surface area contributed by atoms with Gasteiger partial charge in [-0.15, -0.1) is 0 Å². The highest BCUT2D eigenvalue weighted by Gasteiger charge is 2.44. The number of nitrogens with one attached hydrogen (secondary N) is 2. The van der Waals surface area contributed by atoms with Crippen LogP contribution in [-0.2, 0) is 25.6 Å². The highest BCUT2D eigenvalue weighted by molar-refractivity contribution is 5.90. The normalized spacial score (nSPS) is 22.1. The molecule has 0 unspecified atom stereocenters. The van der Waals surface area contributed by atoms with Crippen LogP contribution in [0.1, 0.15) is 62.6 Å². The molecule has 1 amide bonds. The fourth-order valence-corrected chi connectivity index (χ4v) is 5.09. The summed E-state index contributed by atoms with van der Waals surface area (Å²) in [6.45, 7) is 3.81. The van der Waals surface area contributed by atoms with Crippen molar-refractivity contribution in [2.45, 2.75) is 75.6 Å². The first kappa shape index (κ1) is 24.8. The third kappa shape index (κ3) is 6.63. The van der Waals surface area contributed by atoms with Gasteiger partial charge in [-0.2, -0.15) is 0 Å². The molecule has 3 fully saturated rings. The number of carbonyl (C=O) groups is 2. The van der Waals surface area contributed by atoms with Crippen molar-refractivity contribution in [2.75, 3.05) is 26.3 Å². The number of nitrogens with zero attached hydrogens (tertiary/aromatic N) is 2. The number of hydrogen-bond donors (Lipinski definition) is 3. The molecule has 0 radical (unpaired) electrons. The van der Waals surface area contributed by atoms with Gasteiger partial charge < -0.3 is 9.47 Å². The van der Waals surface area contributed by atoms with E-state index in [9.17, 15) is 9.59 Å². The molecule has 3 aliphatic rings. The van der Waals surface area contributed by atoms with Crippen LogP contribution in [0.4, 0.5) is 0 Å². The van der Waals surface area contributed by atoms with Crippen molar-refractivity contribution in [3.63, 3.8) is 0 Å². The van der Waals surface area contributed by atoms with E-state index in [2.05, 4.69) is 15.2 Å². The minimum absolute atomic E-state index is 0.0806. The molecule has 0 spiro atoms. The van der Waals surface area contributed by atoms with Gasteiger partial charge in [0.05, 0.1) is 5.69 Å². The van der Waals surface area contributed by atoms with E-state index in [4.69, 9.17) is 14.7 Å². The number of amides is 1. The molecule has 9 nitrogen and oxygen atoms in total. The molecule has 1 saturated carbocycles. The Kier molecular flexibility index (Phi) is 8.66. The lowest BCUT2D eigenvalue weighted by molar-refractivity contribution is -0.162. The number of piperidine rings is 1. The van der Waals surface area contributed by atoms with Gasteiger partial charge in [-0.25, -0.2) is 5.48 Å². The number of likely N-dealkylation sites (tertiary alicyclic amines) is 1. The summed E-state index contributed by atoms with van der Waals surface area (Å²) in [6.07, 6.45) is 12.2. The average Bonchev–Trinajstić information content (AvgIpc) is 3.38. The summed E-state index contributed by atoms with van der Waals surface area (Å²) in [5.41, 5.74) is 2.71. The number of carbonyl (C=O) groups excluding carboxylic acids is 2. The summed E-state index contributed by atoms with van der Waals surface area (Å²) in [7, 11) is 0. The van der Waals surface area contributed by atoms with E-state index >= 15 is 0 Å². The topological polar surface area (TPSA) is 113 Å². The first-order valence-electron chi connectivity index (χ1n) is 12.4. The number of ether oxygens (including phenoxy) is 2. The summed E-state index contributed by atoms with van der Waals surface area (Å²) in [5.74, 6) is -0.658. The summed E-state index contributed by atoms with van der Waals surface area (Å²) < 4.78 is 11.5. The first-order chi connectivity index (χ1) is 16.6. The predicted octanol–water partition coefficient (Wildman–Crippen LogP) is 2.19. The Labute approximate surface area is 200 Å². The van der Waals surface area contributed by atoms with Gasteiger partial charge in [0.15, 0.2) is 0 Å². The second kappa shape index (κ2) is 11.9. The minimum Gasteiger partial charge on any atom is -0.461 e. The van der Waals surface area contributed by atoms with Crippen molar-refractivity contribution < 1.29 is 24.3 Å². The van der Waals surface area contributed by atoms with E-state index in [0.717, 1.165) is 69.4 Å². The molecule has 0 bridgehead atoms. The van der Waals surface area contributed by atoms with Crippen LogP contribution in [-0.4, -0.2) is 71.0 Å². The molecule has 0 aromatic carbocycles. The molecule has 3 heterocycles. The zero-order valence-corrected chi connectivity index (χ0v) is 19.7. The Morgan fingerprint density at radius 3 is 2.56 bits per heavy atom. The van der Waals surface area contributed by atoms with Crippen molar-refractivity contribution >= 4 is 18.0 Å². The highest BCUT2D eigenvalue weighted by Crippen LogP contribution is 2.29. The Bertz CT molecular complexity index is 839. The highest BCUT2D eigenvalue weighted by atomic mass is 16.5. The fraction of sp³-hybridized carbons (Fsp3) is 0.640. The maximum Gasteiger partial charge on any atom is 0.326 e. The van der Waals surface area contributed by atoms with Crippen LogP contribution in [0.25, 0.3) is 6.08 Å². The average molecular weight is 473 g/mol. The van der Waals surface area contributed by atoms with Crippen LogP contribution >= 0.6 is 0 Å². The second-order valence-electron chi connectivity index (χ2n) is 9.59. The van der Waals surface area contributed by atoms with Crippen LogP contribution in [0, 0.1) is 0 Å². The number of rotatable bonds is 8. The molecule has 1 aromatic heterocycles. The van der Waals surface area contributed by atoms with Crippen molar-refractivity contribution in [1.29, 1.82) is 0 Å². The van der Waals surface area contributed by atoms with Crippen LogP contribution in [0.2, 0.25) is 0 Å². The molecule has 2 aliphatic heterocycles. The number of hydrogen-bond acceptors (Lipinski definition) is 8. The summed E-state index contributed by atoms with van der Waals surface area (Å²) >= 11 is 0. The summed E-state index contributed by atoms with van der Waals surface area (Å²) in [6, 6.07) is 4.14. The van der Waals surface area contributed by atoms with Gasteiger partial charge >= 0.3 is 5.97 Å². The molecule has 1 aromatic rings. The Balaban J connectivity index is 1.27. The molecule has 4 rings (SSSR count). The number of esters is 1. The quantitative estimate of drug-likeness (QED) is 0.228. The Hall–Kier alpha value is -2.33. The van der Waals surface area contributed by atoms with Crippen molar-refractivity contribution in [2.24, 2.45) is 0 Å². The zero-order chi connectivity index (χ0) is 23.8. The Morgan fingerprint density at radius 1 is 1.18 bits per heavy atom. The van der Waals surface area contributed by atoms with Gasteiger partial charge in [0.2, 0.25) is 0 Å². The van der Waals surface area contributed by atoms with Gasteiger partial charge in [0.1, 0.15) is 11.6 Å². The molecular formula is C25H36N4O5. The van der Waals surface area contributed by atoms with Gasteiger partial charge in [-0.05, 0) is 69.1 Å². The number of aromatic nitrogens is 1. The van der Waals surface area contributed by atoms with Gasteiger partial charge in [-0.1, -0.05) is 6.07 Å². The van der Waals surface area contributed by atoms with E-state index in [1.165, 1.54) is 6.08 Å². The zero-order valence-electron chi connectivity index (χ0n) is 19.7. The monoisotopic (exact) mass is 472 g/mol. The van der Waals surface area contributed by atoms with Crippen LogP contribution < -0.4 is 10.8 Å². The molecule has 3 N–H and O–H groups in total. The number of hydroxylamine groups is 1. The summed E-state index contributed by atoms with van der Waals surface area (Å²) in [5, 5.41) is 12.3. The van der Waals surface area contributed by atoms with Gasteiger partial charge in [0, 0.05) is 51.2 Å². The molecular weight excluding hydrogens is 436 g/mol. The van der Waals surface area contributed by atoms with Crippen molar-refractivity contribution in [1.82, 2.24) is 20.7 Å².